The molecule has 0 N–H and O–H groups in total. The van der Waals surface area contributed by atoms with Crippen LogP contribution in [0.1, 0.15) is 46.4 Å². The third-order valence-electron chi connectivity index (χ3n) is 5.01. The monoisotopic (exact) mass is 455 g/mol. The van der Waals surface area contributed by atoms with Gasteiger partial charge in [-0.15, -0.1) is 10.2 Å². The van der Waals surface area contributed by atoms with Crippen LogP contribution in [0.5, 0.6) is 5.75 Å². The lowest BCUT2D eigenvalue weighted by Crippen LogP contribution is -2.07. The molecule has 1 aromatic carbocycles. The van der Waals surface area contributed by atoms with Crippen molar-refractivity contribution < 1.29 is 22.8 Å². The Morgan fingerprint density at radius 2 is 2.03 bits per heavy atom. The third-order valence-corrected chi connectivity index (χ3v) is 5.82. The Labute approximate surface area is 188 Å². The van der Waals surface area contributed by atoms with Crippen molar-refractivity contribution >= 4 is 17.5 Å². The summed E-state index contributed by atoms with van der Waals surface area (Å²) in [5.74, 6) is 0.778. The van der Waals surface area contributed by atoms with Gasteiger partial charge in [0.15, 0.2) is 23.5 Å². The molecule has 1 atom stereocenters. The number of aryl methyl sites for hydroxylation is 1. The smallest absolute Gasteiger partial charge is 0.277 e. The van der Waals surface area contributed by atoms with E-state index in [4.69, 9.17) is 13.6 Å². The summed E-state index contributed by atoms with van der Waals surface area (Å²) in [6.07, 6.45) is 0.998. The highest BCUT2D eigenvalue weighted by Gasteiger charge is 2.20. The maximum absolute atomic E-state index is 13.8. The van der Waals surface area contributed by atoms with E-state index in [1.165, 1.54) is 12.1 Å². The van der Waals surface area contributed by atoms with Gasteiger partial charge in [-0.1, -0.05) is 23.9 Å². The zero-order valence-electron chi connectivity index (χ0n) is 17.9. The van der Waals surface area contributed by atoms with Crippen LogP contribution in [0.3, 0.4) is 0 Å². The van der Waals surface area contributed by atoms with E-state index in [0.29, 0.717) is 12.1 Å². The molecule has 4 rings (SSSR count). The lowest BCUT2D eigenvalue weighted by molar-refractivity contribution is 0.102. The first-order chi connectivity index (χ1) is 15.4. The molecule has 9 heteroatoms. The van der Waals surface area contributed by atoms with Crippen LogP contribution in [0.2, 0.25) is 0 Å². The van der Waals surface area contributed by atoms with Crippen molar-refractivity contribution in [2.45, 2.75) is 38.6 Å². The first kappa shape index (κ1) is 21.9. The van der Waals surface area contributed by atoms with Crippen molar-refractivity contribution in [1.82, 2.24) is 14.8 Å². The average molecular weight is 456 g/mol. The van der Waals surface area contributed by atoms with Gasteiger partial charge in [-0.25, -0.2) is 4.39 Å². The van der Waals surface area contributed by atoms with Gasteiger partial charge in [-0.3, -0.25) is 4.79 Å². The molecule has 166 valence electrons. The maximum Gasteiger partial charge on any atom is 0.277 e. The van der Waals surface area contributed by atoms with E-state index in [1.54, 1.807) is 25.3 Å². The highest BCUT2D eigenvalue weighted by atomic mass is 32.2. The number of benzene rings is 1. The molecule has 0 aliphatic heterocycles. The molecule has 1 unspecified atom stereocenters. The second-order valence-electron chi connectivity index (χ2n) is 7.26. The van der Waals surface area contributed by atoms with E-state index >= 15 is 0 Å². The lowest BCUT2D eigenvalue weighted by Gasteiger charge is -2.11. The van der Waals surface area contributed by atoms with Gasteiger partial charge in [0.05, 0.1) is 18.6 Å². The quantitative estimate of drug-likeness (QED) is 0.247. The van der Waals surface area contributed by atoms with Gasteiger partial charge >= 0.3 is 0 Å². The molecule has 0 radical (unpaired) electrons. The van der Waals surface area contributed by atoms with Crippen LogP contribution in [0.4, 0.5) is 4.39 Å². The predicted octanol–water partition coefficient (Wildman–Crippen LogP) is 5.38. The molecule has 3 aromatic heterocycles. The molecule has 7 nitrogen and oxygen atoms in total. The number of halogens is 1. The van der Waals surface area contributed by atoms with Crippen LogP contribution in [-0.2, 0) is 6.54 Å². The van der Waals surface area contributed by atoms with Gasteiger partial charge in [0.2, 0.25) is 0 Å². The average Bonchev–Trinajstić information content (AvgIpc) is 3.52. The number of carbonyl (C=O) groups excluding carboxylic acids is 1. The van der Waals surface area contributed by atoms with Crippen LogP contribution in [-0.4, -0.2) is 26.3 Å². The summed E-state index contributed by atoms with van der Waals surface area (Å²) < 4.78 is 32.4. The van der Waals surface area contributed by atoms with Crippen molar-refractivity contribution in [2.75, 3.05) is 5.75 Å². The second kappa shape index (κ2) is 9.44. The van der Waals surface area contributed by atoms with Crippen LogP contribution in [0.15, 0.2) is 62.8 Å². The second-order valence-corrected chi connectivity index (χ2v) is 8.19. The molecule has 32 heavy (non-hydrogen) atoms. The molecule has 0 amide bonds. The summed E-state index contributed by atoms with van der Waals surface area (Å²) in [5.41, 5.74) is 2.51. The van der Waals surface area contributed by atoms with E-state index in [9.17, 15) is 9.18 Å². The number of hydrogen-bond acceptors (Lipinski definition) is 7. The standard InChI is InChI=1S/C23H22FN3O4S/c1-14-11-18(15(2)27(14)12-17-7-6-10-29-17)20(28)13-32-23-26-25-22(31-23)16(3)30-21-9-5-4-8-19(21)24/h4-11,16H,12-13H2,1-3H3. The number of thioether (sulfide) groups is 1. The summed E-state index contributed by atoms with van der Waals surface area (Å²) >= 11 is 1.15. The van der Waals surface area contributed by atoms with Gasteiger partial charge in [-0.2, -0.15) is 0 Å². The highest BCUT2D eigenvalue weighted by molar-refractivity contribution is 7.99. The molecular weight excluding hydrogens is 433 g/mol. The molecule has 0 bridgehead atoms. The number of carbonyl (C=O) groups is 1. The Hall–Kier alpha value is -3.33. The van der Waals surface area contributed by atoms with Crippen LogP contribution in [0.25, 0.3) is 0 Å². The third kappa shape index (κ3) is 4.77. The Morgan fingerprint density at radius 1 is 1.22 bits per heavy atom. The van der Waals surface area contributed by atoms with Crippen LogP contribution < -0.4 is 4.74 Å². The molecule has 0 aliphatic rings. The minimum Gasteiger partial charge on any atom is -0.478 e. The van der Waals surface area contributed by atoms with E-state index < -0.39 is 11.9 Å². The number of ether oxygens (including phenoxy) is 1. The molecule has 0 saturated carbocycles. The van der Waals surface area contributed by atoms with Gasteiger partial charge in [0, 0.05) is 17.0 Å². The SMILES string of the molecule is Cc1cc(C(=O)CSc2nnc(C(C)Oc3ccccc3F)o2)c(C)n1Cc1ccco1. The van der Waals surface area contributed by atoms with E-state index in [2.05, 4.69) is 10.2 Å². The number of rotatable bonds is 9. The summed E-state index contributed by atoms with van der Waals surface area (Å²) in [6.45, 7) is 6.13. The molecular formula is C23H22FN3O4S. The predicted molar refractivity (Wildman–Crippen MR) is 117 cm³/mol. The number of ketones is 1. The number of furan rings is 1. The van der Waals surface area contributed by atoms with E-state index in [1.807, 2.05) is 36.6 Å². The highest BCUT2D eigenvalue weighted by Crippen LogP contribution is 2.26. The molecule has 0 aliphatic carbocycles. The van der Waals surface area contributed by atoms with Crippen LogP contribution >= 0.6 is 11.8 Å². The number of hydrogen-bond donors (Lipinski definition) is 0. The fourth-order valence-corrected chi connectivity index (χ4v) is 3.97. The maximum atomic E-state index is 13.8. The molecule has 0 saturated heterocycles. The fraction of sp³-hybridized carbons (Fsp3) is 0.261. The zero-order valence-corrected chi connectivity index (χ0v) is 18.7. The normalized spacial score (nSPS) is 12.1. The number of aromatic nitrogens is 3. The minimum absolute atomic E-state index is 0.0378. The van der Waals surface area contributed by atoms with Crippen molar-refractivity contribution in [2.24, 2.45) is 0 Å². The Balaban J connectivity index is 1.38. The lowest BCUT2D eigenvalue weighted by atomic mass is 10.2. The van der Waals surface area contributed by atoms with Crippen molar-refractivity contribution in [1.29, 1.82) is 0 Å². The Morgan fingerprint density at radius 3 is 2.78 bits per heavy atom. The summed E-state index contributed by atoms with van der Waals surface area (Å²) in [4.78, 5) is 12.8. The van der Waals surface area contributed by atoms with Gasteiger partial charge in [0.1, 0.15) is 5.76 Å². The van der Waals surface area contributed by atoms with Crippen molar-refractivity contribution in [3.63, 3.8) is 0 Å². The van der Waals surface area contributed by atoms with Gasteiger partial charge < -0.3 is 18.1 Å². The van der Waals surface area contributed by atoms with E-state index in [-0.39, 0.29) is 28.4 Å². The van der Waals surface area contributed by atoms with E-state index in [0.717, 1.165) is 28.9 Å². The van der Waals surface area contributed by atoms with Crippen molar-refractivity contribution in [3.8, 4) is 5.75 Å². The molecule has 3 heterocycles. The zero-order chi connectivity index (χ0) is 22.7. The molecule has 0 spiro atoms. The molecule has 4 aromatic rings. The number of nitrogens with zero attached hydrogens (tertiary/aromatic N) is 3. The largest absolute Gasteiger partial charge is 0.478 e. The van der Waals surface area contributed by atoms with Crippen LogP contribution in [0, 0.1) is 19.7 Å². The Bertz CT molecular complexity index is 1220. The Kier molecular flexibility index (Phi) is 6.45. The first-order valence-electron chi connectivity index (χ1n) is 10.0. The molecule has 0 fully saturated rings. The summed E-state index contributed by atoms with van der Waals surface area (Å²) in [7, 11) is 0. The fourth-order valence-electron chi connectivity index (χ4n) is 3.31. The van der Waals surface area contributed by atoms with Gasteiger partial charge in [0.25, 0.3) is 11.1 Å². The minimum atomic E-state index is -0.634. The van der Waals surface area contributed by atoms with Crippen molar-refractivity contribution in [3.05, 3.63) is 83.1 Å². The summed E-state index contributed by atoms with van der Waals surface area (Å²) in [6, 6.07) is 11.7. The number of Topliss-reactive ketones (excluding diaryl/α,β-unsaturated/α-hetero) is 1. The van der Waals surface area contributed by atoms with Gasteiger partial charge in [-0.05, 0) is 51.1 Å². The first-order valence-corrected chi connectivity index (χ1v) is 11.0. The summed E-state index contributed by atoms with van der Waals surface area (Å²) in [5, 5.41) is 8.18. The number of para-hydroxylation sites is 1. The topological polar surface area (TPSA) is 83.3 Å².